The highest BCUT2D eigenvalue weighted by Crippen LogP contribution is 2.38. The SMILES string of the molecule is CCCC(N)CC(=O)c1ccccc1C1CCC1. The molecule has 1 unspecified atom stereocenters. The minimum absolute atomic E-state index is 0.0111. The second-order valence-corrected chi connectivity index (χ2v) is 5.39. The number of Topliss-reactive ketones (excluding diaryl/α,β-unsaturated/α-hetero) is 1. The molecule has 1 aliphatic rings. The van der Waals surface area contributed by atoms with Crippen LogP contribution in [0.25, 0.3) is 0 Å². The number of rotatable bonds is 6. The lowest BCUT2D eigenvalue weighted by Crippen LogP contribution is -2.24. The Morgan fingerprint density at radius 1 is 1.39 bits per heavy atom. The number of ketones is 1. The van der Waals surface area contributed by atoms with Crippen molar-refractivity contribution < 1.29 is 4.79 Å². The maximum atomic E-state index is 12.3. The fourth-order valence-electron chi connectivity index (χ4n) is 2.65. The third-order valence-corrected chi connectivity index (χ3v) is 3.91. The number of nitrogens with two attached hydrogens (primary N) is 1. The summed E-state index contributed by atoms with van der Waals surface area (Å²) in [5, 5.41) is 0. The van der Waals surface area contributed by atoms with Gasteiger partial charge in [0.25, 0.3) is 0 Å². The topological polar surface area (TPSA) is 43.1 Å². The van der Waals surface area contributed by atoms with E-state index in [1.807, 2.05) is 18.2 Å². The monoisotopic (exact) mass is 245 g/mol. The second-order valence-electron chi connectivity index (χ2n) is 5.39. The van der Waals surface area contributed by atoms with Crippen molar-refractivity contribution in [3.63, 3.8) is 0 Å². The first kappa shape index (κ1) is 13.3. The highest BCUT2D eigenvalue weighted by atomic mass is 16.1. The third kappa shape index (κ3) is 2.99. The van der Waals surface area contributed by atoms with Gasteiger partial charge in [-0.3, -0.25) is 4.79 Å². The highest BCUT2D eigenvalue weighted by Gasteiger charge is 2.24. The van der Waals surface area contributed by atoms with Gasteiger partial charge >= 0.3 is 0 Å². The first-order chi connectivity index (χ1) is 8.72. The van der Waals surface area contributed by atoms with Crippen molar-refractivity contribution in [2.45, 2.75) is 57.4 Å². The summed E-state index contributed by atoms with van der Waals surface area (Å²) in [6.07, 6.45) is 6.20. The predicted octanol–water partition coefficient (Wildman–Crippen LogP) is 3.65. The predicted molar refractivity (Wildman–Crippen MR) is 74.9 cm³/mol. The van der Waals surface area contributed by atoms with Gasteiger partial charge < -0.3 is 5.73 Å². The van der Waals surface area contributed by atoms with Crippen molar-refractivity contribution >= 4 is 5.78 Å². The molecule has 0 aromatic heterocycles. The minimum Gasteiger partial charge on any atom is -0.327 e. The summed E-state index contributed by atoms with van der Waals surface area (Å²) in [5.41, 5.74) is 8.13. The fraction of sp³-hybridized carbons (Fsp3) is 0.562. The van der Waals surface area contributed by atoms with E-state index in [9.17, 15) is 4.79 Å². The molecular weight excluding hydrogens is 222 g/mol. The van der Waals surface area contributed by atoms with Crippen molar-refractivity contribution in [1.29, 1.82) is 0 Å². The zero-order chi connectivity index (χ0) is 13.0. The van der Waals surface area contributed by atoms with Gasteiger partial charge in [0, 0.05) is 18.0 Å². The number of hydrogen-bond acceptors (Lipinski definition) is 2. The van der Waals surface area contributed by atoms with E-state index >= 15 is 0 Å². The summed E-state index contributed by atoms with van der Waals surface area (Å²) in [6.45, 7) is 2.10. The average Bonchev–Trinajstić information content (AvgIpc) is 2.27. The smallest absolute Gasteiger partial charge is 0.164 e. The number of carbonyl (C=O) groups is 1. The summed E-state index contributed by atoms with van der Waals surface area (Å²) in [7, 11) is 0. The molecule has 0 aliphatic heterocycles. The molecule has 18 heavy (non-hydrogen) atoms. The van der Waals surface area contributed by atoms with Gasteiger partial charge in [0.05, 0.1) is 0 Å². The van der Waals surface area contributed by atoms with Crippen LogP contribution in [0.1, 0.15) is 67.3 Å². The van der Waals surface area contributed by atoms with E-state index in [1.54, 1.807) is 0 Å². The Labute approximate surface area is 110 Å². The molecule has 2 nitrogen and oxygen atoms in total. The molecule has 2 rings (SSSR count). The first-order valence-corrected chi connectivity index (χ1v) is 7.10. The van der Waals surface area contributed by atoms with Crippen LogP contribution in [0.5, 0.6) is 0 Å². The molecule has 2 heteroatoms. The molecular formula is C16H23NO. The highest BCUT2D eigenvalue weighted by molar-refractivity contribution is 5.98. The van der Waals surface area contributed by atoms with Crippen LogP contribution in [0, 0.1) is 0 Å². The lowest BCUT2D eigenvalue weighted by Gasteiger charge is -2.27. The van der Waals surface area contributed by atoms with E-state index in [0.717, 1.165) is 18.4 Å². The van der Waals surface area contributed by atoms with E-state index in [0.29, 0.717) is 12.3 Å². The molecule has 1 aromatic rings. The Morgan fingerprint density at radius 2 is 2.11 bits per heavy atom. The summed E-state index contributed by atoms with van der Waals surface area (Å²) in [4.78, 5) is 12.3. The quantitative estimate of drug-likeness (QED) is 0.777. The molecule has 2 N–H and O–H groups in total. The van der Waals surface area contributed by atoms with Crippen LogP contribution in [0.4, 0.5) is 0 Å². The van der Waals surface area contributed by atoms with Gasteiger partial charge in [0.1, 0.15) is 0 Å². The number of benzene rings is 1. The average molecular weight is 245 g/mol. The molecule has 0 radical (unpaired) electrons. The van der Waals surface area contributed by atoms with Gasteiger partial charge in [-0.2, -0.15) is 0 Å². The standard InChI is InChI=1S/C16H23NO/c1-2-6-13(17)11-16(18)15-10-4-3-9-14(15)12-7-5-8-12/h3-4,9-10,12-13H,2,5-8,11,17H2,1H3. The molecule has 1 aliphatic carbocycles. The summed E-state index contributed by atoms with van der Waals surface area (Å²) >= 11 is 0. The van der Waals surface area contributed by atoms with E-state index in [4.69, 9.17) is 5.73 Å². The van der Waals surface area contributed by atoms with Crippen LogP contribution >= 0.6 is 0 Å². The molecule has 0 saturated heterocycles. The summed E-state index contributed by atoms with van der Waals surface area (Å²) < 4.78 is 0. The molecule has 0 heterocycles. The molecule has 1 atom stereocenters. The number of carbonyl (C=O) groups excluding carboxylic acids is 1. The first-order valence-electron chi connectivity index (χ1n) is 7.10. The molecule has 1 fully saturated rings. The summed E-state index contributed by atoms with van der Waals surface area (Å²) in [6, 6.07) is 8.09. The van der Waals surface area contributed by atoms with Gasteiger partial charge in [-0.05, 0) is 30.7 Å². The second kappa shape index (κ2) is 6.14. The molecule has 0 bridgehead atoms. The zero-order valence-electron chi connectivity index (χ0n) is 11.2. The summed E-state index contributed by atoms with van der Waals surface area (Å²) in [5.74, 6) is 0.825. The fourth-order valence-corrected chi connectivity index (χ4v) is 2.65. The molecule has 98 valence electrons. The minimum atomic E-state index is 0.0111. The lowest BCUT2D eigenvalue weighted by molar-refractivity contribution is 0.0971. The van der Waals surface area contributed by atoms with E-state index in [-0.39, 0.29) is 11.8 Å². The normalized spacial score (nSPS) is 17.2. The van der Waals surface area contributed by atoms with Crippen molar-refractivity contribution in [2.24, 2.45) is 5.73 Å². The van der Waals surface area contributed by atoms with E-state index in [2.05, 4.69) is 13.0 Å². The van der Waals surface area contributed by atoms with Crippen LogP contribution in [-0.4, -0.2) is 11.8 Å². The van der Waals surface area contributed by atoms with Crippen LogP contribution in [-0.2, 0) is 0 Å². The van der Waals surface area contributed by atoms with Crippen LogP contribution in [0.3, 0.4) is 0 Å². The zero-order valence-corrected chi connectivity index (χ0v) is 11.2. The molecule has 1 saturated carbocycles. The van der Waals surface area contributed by atoms with Crippen LogP contribution in [0.2, 0.25) is 0 Å². The molecule has 1 aromatic carbocycles. The Balaban J connectivity index is 2.09. The Morgan fingerprint density at radius 3 is 2.72 bits per heavy atom. The van der Waals surface area contributed by atoms with Gasteiger partial charge in [0.15, 0.2) is 5.78 Å². The van der Waals surface area contributed by atoms with E-state index < -0.39 is 0 Å². The third-order valence-electron chi connectivity index (χ3n) is 3.91. The van der Waals surface area contributed by atoms with Gasteiger partial charge in [0.2, 0.25) is 0 Å². The molecule has 0 spiro atoms. The van der Waals surface area contributed by atoms with E-state index in [1.165, 1.54) is 24.8 Å². The van der Waals surface area contributed by atoms with Gasteiger partial charge in [-0.1, -0.05) is 44.0 Å². The van der Waals surface area contributed by atoms with Gasteiger partial charge in [-0.15, -0.1) is 0 Å². The maximum Gasteiger partial charge on any atom is 0.164 e. The maximum absolute atomic E-state index is 12.3. The largest absolute Gasteiger partial charge is 0.327 e. The van der Waals surface area contributed by atoms with Crippen molar-refractivity contribution in [3.8, 4) is 0 Å². The lowest BCUT2D eigenvalue weighted by atomic mass is 9.77. The van der Waals surface area contributed by atoms with Crippen molar-refractivity contribution in [2.75, 3.05) is 0 Å². The van der Waals surface area contributed by atoms with Gasteiger partial charge in [-0.25, -0.2) is 0 Å². The van der Waals surface area contributed by atoms with Crippen LogP contribution < -0.4 is 5.73 Å². The number of hydrogen-bond donors (Lipinski definition) is 1. The Kier molecular flexibility index (Phi) is 4.54. The van der Waals surface area contributed by atoms with Crippen LogP contribution in [0.15, 0.2) is 24.3 Å². The Hall–Kier alpha value is -1.15. The van der Waals surface area contributed by atoms with Crippen molar-refractivity contribution in [3.05, 3.63) is 35.4 Å². The Bertz CT molecular complexity index is 409. The molecule has 0 amide bonds. The van der Waals surface area contributed by atoms with Crippen molar-refractivity contribution in [1.82, 2.24) is 0 Å².